The molecule has 0 aliphatic carbocycles. The van der Waals surface area contributed by atoms with E-state index in [0.717, 1.165) is 55.8 Å². The normalized spacial score (nSPS) is 13.7. The van der Waals surface area contributed by atoms with E-state index in [4.69, 9.17) is 10.2 Å². The molecule has 6 heteroatoms. The van der Waals surface area contributed by atoms with Crippen molar-refractivity contribution >= 4 is 44.6 Å². The summed E-state index contributed by atoms with van der Waals surface area (Å²) in [6.07, 6.45) is -0.166. The van der Waals surface area contributed by atoms with Crippen molar-refractivity contribution in [3.05, 3.63) is 200 Å². The maximum absolute atomic E-state index is 9.24. The van der Waals surface area contributed by atoms with Gasteiger partial charge in [0.15, 0.2) is 0 Å². The molecule has 0 radical (unpaired) electrons. The molecule has 10 rings (SSSR count). The van der Waals surface area contributed by atoms with Gasteiger partial charge in [0.05, 0.1) is 2.74 Å². The average Bonchev–Trinajstić information content (AvgIpc) is 3.83. The van der Waals surface area contributed by atoms with Crippen LogP contribution in [0.1, 0.15) is 37.7 Å². The molecule has 5 nitrogen and oxygen atoms in total. The third-order valence-electron chi connectivity index (χ3n) is 10.4. The Labute approximate surface area is 361 Å². The molecule has 0 saturated carbocycles. The second kappa shape index (κ2) is 15.5. The fraction of sp³-hybridized carbons (Fsp3) is 0.0769. The molecule has 0 fully saturated rings. The third kappa shape index (κ3) is 6.56. The molecule has 7 aromatic carbocycles. The van der Waals surface area contributed by atoms with Crippen molar-refractivity contribution in [2.24, 2.45) is 0 Å². The Morgan fingerprint density at radius 1 is 0.655 bits per heavy atom. The first-order valence-corrected chi connectivity index (χ1v) is 19.0. The molecule has 0 spiro atoms. The number of nitrogens with zero attached hydrogens (tertiary/aromatic N) is 4. The average molecular weight is 936 g/mol. The molecule has 0 bridgehead atoms. The van der Waals surface area contributed by atoms with Crippen LogP contribution >= 0.6 is 0 Å². The van der Waals surface area contributed by atoms with Gasteiger partial charge < -0.3 is 19.1 Å². The van der Waals surface area contributed by atoms with Crippen molar-refractivity contribution in [3.8, 4) is 39.6 Å². The SMILES string of the molecule is [2H]c1nc(-n2c3[c-]c(Oc4[c-]c(N5[CH-]N(c6c(-c7ccccc7)cccc6-c6ccccc6)c6ccccc65)ccc4)ccc3c3ccccc32)c([2H])c(C([2H])([2H])[2H])c1C(C)C.[Pt]. The minimum absolute atomic E-state index is 0. The van der Waals surface area contributed by atoms with Crippen molar-refractivity contribution < 1.29 is 32.7 Å². The van der Waals surface area contributed by atoms with Gasteiger partial charge in [0.1, 0.15) is 5.82 Å². The number of ether oxygens (including phenoxy) is 1. The van der Waals surface area contributed by atoms with Gasteiger partial charge in [-0.25, -0.2) is 4.98 Å². The van der Waals surface area contributed by atoms with Crippen molar-refractivity contribution in [1.29, 1.82) is 0 Å². The van der Waals surface area contributed by atoms with Gasteiger partial charge >= 0.3 is 0 Å². The Morgan fingerprint density at radius 3 is 2.00 bits per heavy atom. The van der Waals surface area contributed by atoms with Crippen molar-refractivity contribution in [2.45, 2.75) is 26.6 Å². The quantitative estimate of drug-likeness (QED) is 0.142. The summed E-state index contributed by atoms with van der Waals surface area (Å²) < 4.78 is 51.5. The maximum Gasteiger partial charge on any atom is 0.135 e. The Balaban J connectivity index is 0.00000504. The number of pyridine rings is 1. The Bertz CT molecular complexity index is 3100. The van der Waals surface area contributed by atoms with Crippen molar-refractivity contribution in [3.63, 3.8) is 0 Å². The molecule has 0 amide bonds. The Morgan fingerprint density at radius 2 is 1.29 bits per heavy atom. The number of hydrogen-bond acceptors (Lipinski definition) is 4. The number of rotatable bonds is 8. The van der Waals surface area contributed by atoms with Crippen molar-refractivity contribution in [2.75, 3.05) is 9.80 Å². The summed E-state index contributed by atoms with van der Waals surface area (Å²) in [6.45, 7) is 3.12. The second-order valence-electron chi connectivity index (χ2n) is 14.3. The van der Waals surface area contributed by atoms with E-state index in [0.29, 0.717) is 22.5 Å². The fourth-order valence-corrected chi connectivity index (χ4v) is 7.79. The predicted octanol–water partition coefficient (Wildman–Crippen LogP) is 13.7. The number of fused-ring (bicyclic) bond motifs is 4. The largest absolute Gasteiger partial charge is 0.509 e. The smallest absolute Gasteiger partial charge is 0.135 e. The number of benzene rings is 7. The summed E-state index contributed by atoms with van der Waals surface area (Å²) in [5, 5.41) is 1.68. The van der Waals surface area contributed by atoms with E-state index >= 15 is 0 Å². The summed E-state index contributed by atoms with van der Waals surface area (Å²) in [5.41, 5.74) is 9.56. The number of para-hydroxylation sites is 4. The molecule has 0 saturated heterocycles. The summed E-state index contributed by atoms with van der Waals surface area (Å²) in [7, 11) is 0. The van der Waals surface area contributed by atoms with Crippen LogP contribution in [-0.2, 0) is 21.1 Å². The van der Waals surface area contributed by atoms with E-state index in [-0.39, 0.29) is 56.1 Å². The zero-order valence-electron chi connectivity index (χ0n) is 36.7. The second-order valence-corrected chi connectivity index (χ2v) is 14.3. The van der Waals surface area contributed by atoms with E-state index in [1.807, 2.05) is 86.6 Å². The van der Waals surface area contributed by atoms with Crippen LogP contribution in [0.4, 0.5) is 22.7 Å². The molecular formula is C52H39N4OPt-3. The Kier molecular flexibility index (Phi) is 8.45. The van der Waals surface area contributed by atoms with Gasteiger partial charge in [0.25, 0.3) is 0 Å². The summed E-state index contributed by atoms with van der Waals surface area (Å²) >= 11 is 0. The van der Waals surface area contributed by atoms with Gasteiger partial charge in [-0.3, -0.25) is 0 Å². The topological polar surface area (TPSA) is 33.5 Å². The van der Waals surface area contributed by atoms with Crippen LogP contribution in [0.15, 0.2) is 170 Å². The molecule has 1 aliphatic heterocycles. The van der Waals surface area contributed by atoms with Crippen LogP contribution in [0.25, 0.3) is 49.9 Å². The first-order valence-electron chi connectivity index (χ1n) is 21.5. The van der Waals surface area contributed by atoms with Gasteiger partial charge in [-0.2, -0.15) is 12.1 Å². The van der Waals surface area contributed by atoms with Crippen LogP contribution in [0.3, 0.4) is 0 Å². The van der Waals surface area contributed by atoms with Gasteiger partial charge in [0.2, 0.25) is 0 Å². The van der Waals surface area contributed by atoms with E-state index in [1.54, 1.807) is 4.57 Å². The molecule has 0 N–H and O–H groups in total. The molecule has 0 atom stereocenters. The van der Waals surface area contributed by atoms with Crippen LogP contribution in [-0.4, -0.2) is 9.55 Å². The molecular weight excluding hydrogens is 892 g/mol. The zero-order chi connectivity index (χ0) is 42.7. The van der Waals surface area contributed by atoms with Crippen LogP contribution in [0.2, 0.25) is 0 Å². The third-order valence-corrected chi connectivity index (χ3v) is 10.4. The molecule has 286 valence electrons. The van der Waals surface area contributed by atoms with Crippen molar-refractivity contribution in [1.82, 2.24) is 9.55 Å². The number of anilines is 4. The summed E-state index contributed by atoms with van der Waals surface area (Å²) in [5.74, 6) is 0.584. The zero-order valence-corrected chi connectivity index (χ0v) is 34.0. The van der Waals surface area contributed by atoms with Crippen LogP contribution in [0.5, 0.6) is 11.5 Å². The van der Waals surface area contributed by atoms with E-state index < -0.39 is 6.85 Å². The maximum atomic E-state index is 9.24. The first-order chi connectivity index (χ1) is 30.1. The van der Waals surface area contributed by atoms with E-state index in [9.17, 15) is 1.37 Å². The fourth-order valence-electron chi connectivity index (χ4n) is 7.79. The molecule has 1 aliphatic rings. The monoisotopic (exact) mass is 935 g/mol. The van der Waals surface area contributed by atoms with Crippen LogP contribution in [0, 0.1) is 25.7 Å². The summed E-state index contributed by atoms with van der Waals surface area (Å²) in [4.78, 5) is 8.96. The number of aromatic nitrogens is 2. The summed E-state index contributed by atoms with van der Waals surface area (Å²) in [6, 6.07) is 59.5. The Hall–Kier alpha value is -6.42. The number of hydrogen-bond donors (Lipinski definition) is 0. The molecule has 58 heavy (non-hydrogen) atoms. The van der Waals surface area contributed by atoms with Crippen LogP contribution < -0.4 is 14.5 Å². The van der Waals surface area contributed by atoms with Gasteiger partial charge in [-0.05, 0) is 64.7 Å². The molecule has 3 heterocycles. The van der Waals surface area contributed by atoms with E-state index in [2.05, 4.69) is 119 Å². The standard InChI is InChI=1S/C52H39N4O.Pt/c1-35(2)46-33-53-51(30-36(46)3)56-47-25-11-10-22-44(47)45-29-28-41(32-50(45)56)57-40-21-14-20-39(31-40)54-34-55(49-27-13-12-26-48(49)54)52-42(37-16-6-4-7-17-37)23-15-24-43(52)38-18-8-5-9-19-38;/h4-30,33-35H,1-3H3;/q-3;/i3D3,30D,33D;. The van der Waals surface area contributed by atoms with Gasteiger partial charge in [0, 0.05) is 76.6 Å². The molecule has 0 unspecified atom stereocenters. The van der Waals surface area contributed by atoms with Gasteiger partial charge in [-0.15, -0.1) is 48.1 Å². The van der Waals surface area contributed by atoms with E-state index in [1.165, 1.54) is 0 Å². The predicted molar refractivity (Wildman–Crippen MR) is 234 cm³/mol. The van der Waals surface area contributed by atoms with Gasteiger partial charge in [-0.1, -0.05) is 129 Å². The minimum Gasteiger partial charge on any atom is -0.509 e. The minimum atomic E-state index is -2.62. The molecule has 9 aromatic rings. The first kappa shape index (κ1) is 31.6. The molecule has 2 aromatic heterocycles.